The largest absolute Gasteiger partial charge is 0.461 e. The molecule has 2 aliphatic heterocycles. The number of fused-ring (bicyclic) bond motifs is 1. The maximum absolute atomic E-state index is 13.8. The molecule has 3 amide bonds. The summed E-state index contributed by atoms with van der Waals surface area (Å²) in [4.78, 5) is 61.3. The van der Waals surface area contributed by atoms with E-state index in [1.54, 1.807) is 48.2 Å². The minimum absolute atomic E-state index is 0.00657. The molecule has 2 aromatic carbocycles. The smallest absolute Gasteiger partial charge is 0.272 e. The van der Waals surface area contributed by atoms with Crippen LogP contribution in [0, 0.1) is 13.5 Å². The molecule has 11 nitrogen and oxygen atoms in total. The normalized spacial score (nSPS) is 17.4. The van der Waals surface area contributed by atoms with Gasteiger partial charge in [0.25, 0.3) is 11.6 Å². The zero-order chi connectivity index (χ0) is 32.1. The highest BCUT2D eigenvalue weighted by atomic mass is 16.3. The lowest BCUT2D eigenvalue weighted by atomic mass is 10.0. The van der Waals surface area contributed by atoms with Crippen LogP contribution in [-0.2, 0) is 9.59 Å². The van der Waals surface area contributed by atoms with E-state index in [0.717, 1.165) is 36.8 Å². The van der Waals surface area contributed by atoms with Crippen LogP contribution in [0.15, 0.2) is 64.5 Å². The Bertz CT molecular complexity index is 1680. The molecule has 3 aromatic rings. The predicted molar refractivity (Wildman–Crippen MR) is 170 cm³/mol. The number of furan rings is 1. The molecule has 0 aliphatic carbocycles. The number of amides is 3. The molecule has 11 heteroatoms. The summed E-state index contributed by atoms with van der Waals surface area (Å²) in [5.74, 6) is -0.239. The summed E-state index contributed by atoms with van der Waals surface area (Å²) >= 11 is 0. The van der Waals surface area contributed by atoms with Crippen molar-refractivity contribution in [2.45, 2.75) is 45.1 Å². The highest BCUT2D eigenvalue weighted by Gasteiger charge is 2.32. The summed E-state index contributed by atoms with van der Waals surface area (Å²) in [7, 11) is 3.29. The van der Waals surface area contributed by atoms with Gasteiger partial charge in [0.2, 0.25) is 11.8 Å². The van der Waals surface area contributed by atoms with Gasteiger partial charge in [-0.1, -0.05) is 12.1 Å². The molecule has 0 spiro atoms. The first kappa shape index (κ1) is 31.3. The zero-order valence-corrected chi connectivity index (χ0v) is 25.9. The Morgan fingerprint density at radius 2 is 1.67 bits per heavy atom. The summed E-state index contributed by atoms with van der Waals surface area (Å²) in [6.45, 7) is 11.8. The predicted octanol–water partition coefficient (Wildman–Crippen LogP) is 4.42. The summed E-state index contributed by atoms with van der Waals surface area (Å²) in [5.41, 5.74) is 1.69. The number of carbonyl (C=O) groups is 4. The number of hydrogen-bond acceptors (Lipinski definition) is 7. The van der Waals surface area contributed by atoms with Gasteiger partial charge in [0.15, 0.2) is 5.78 Å². The Morgan fingerprint density at radius 1 is 0.978 bits per heavy atom. The number of aryl methyl sites for hydroxylation is 1. The van der Waals surface area contributed by atoms with Gasteiger partial charge in [-0.2, -0.15) is 0 Å². The third-order valence-corrected chi connectivity index (χ3v) is 8.16. The van der Waals surface area contributed by atoms with E-state index in [1.807, 2.05) is 19.1 Å². The van der Waals surface area contributed by atoms with Crippen LogP contribution in [0.2, 0.25) is 0 Å². The molecule has 2 fully saturated rings. The number of allylic oxidation sites excluding steroid dienone is 1. The van der Waals surface area contributed by atoms with Crippen LogP contribution in [0.4, 0.5) is 5.69 Å². The standard InChI is InChI=1S/C34H38N6O5/c1-22-19-25-20-26(14-15-28(25)45-22)36-32(30(35-2)31(42)23-10-12-24(13-11-23)33(43)38(3)4)37-27-9-5-6-18-40(34(27)44)21-29(41)39-16-7-8-17-39/h10-15,19-20,27,36-37H,5-9,16-18,21H2,1,3-4H3/b32-30+/t27-/m0/s1. The fourth-order valence-electron chi connectivity index (χ4n) is 5.74. The van der Waals surface area contributed by atoms with Gasteiger partial charge >= 0.3 is 0 Å². The van der Waals surface area contributed by atoms with E-state index < -0.39 is 11.8 Å². The van der Waals surface area contributed by atoms with Crippen molar-refractivity contribution in [3.05, 3.63) is 88.4 Å². The SMILES string of the molecule is [C-]#[N+]/C(C(=O)c1ccc(C(=O)N(C)C)cc1)=C(\Nc1ccc2oc(C)cc2c1)N[C@H]1CCCCN(CC(=O)N2CCCC2)C1=O. The van der Waals surface area contributed by atoms with Crippen LogP contribution in [0.3, 0.4) is 0 Å². The van der Waals surface area contributed by atoms with E-state index in [0.29, 0.717) is 42.9 Å². The summed E-state index contributed by atoms with van der Waals surface area (Å²) in [5, 5.41) is 7.24. The minimum atomic E-state index is -0.758. The number of nitrogens with one attached hydrogen (secondary N) is 2. The second kappa shape index (κ2) is 13.7. The van der Waals surface area contributed by atoms with Crippen molar-refractivity contribution in [3.63, 3.8) is 0 Å². The molecular formula is C34H38N6O5. The molecule has 3 heterocycles. The van der Waals surface area contributed by atoms with E-state index in [-0.39, 0.29) is 41.3 Å². The van der Waals surface area contributed by atoms with Crippen molar-refractivity contribution < 1.29 is 23.6 Å². The van der Waals surface area contributed by atoms with Crippen molar-refractivity contribution in [3.8, 4) is 0 Å². The summed E-state index contributed by atoms with van der Waals surface area (Å²) < 4.78 is 5.70. The lowest BCUT2D eigenvalue weighted by Gasteiger charge is -2.28. The first-order valence-corrected chi connectivity index (χ1v) is 15.2. The van der Waals surface area contributed by atoms with Crippen LogP contribution in [0.25, 0.3) is 15.8 Å². The first-order valence-electron chi connectivity index (χ1n) is 15.2. The van der Waals surface area contributed by atoms with Gasteiger partial charge < -0.3 is 34.5 Å². The third-order valence-electron chi connectivity index (χ3n) is 8.16. The molecule has 2 N–H and O–H groups in total. The lowest BCUT2D eigenvalue weighted by Crippen LogP contribution is -2.49. The van der Waals surface area contributed by atoms with E-state index in [1.165, 1.54) is 17.0 Å². The Hall–Kier alpha value is -5.11. The zero-order valence-electron chi connectivity index (χ0n) is 25.9. The number of nitrogens with zero attached hydrogens (tertiary/aromatic N) is 4. The van der Waals surface area contributed by atoms with Crippen LogP contribution in [0.5, 0.6) is 0 Å². The van der Waals surface area contributed by atoms with Crippen molar-refractivity contribution >= 4 is 40.2 Å². The quantitative estimate of drug-likeness (QED) is 0.209. The van der Waals surface area contributed by atoms with Crippen molar-refractivity contribution in [2.24, 2.45) is 0 Å². The maximum atomic E-state index is 13.8. The molecule has 0 saturated carbocycles. The van der Waals surface area contributed by atoms with E-state index >= 15 is 0 Å². The number of rotatable bonds is 9. The Kier molecular flexibility index (Phi) is 9.52. The summed E-state index contributed by atoms with van der Waals surface area (Å²) in [6, 6.07) is 12.7. The van der Waals surface area contributed by atoms with E-state index in [4.69, 9.17) is 11.0 Å². The van der Waals surface area contributed by atoms with Crippen LogP contribution in [-0.4, -0.2) is 84.5 Å². The van der Waals surface area contributed by atoms with Crippen molar-refractivity contribution in [1.29, 1.82) is 0 Å². The van der Waals surface area contributed by atoms with Gasteiger partial charge in [-0.15, -0.1) is 0 Å². The Morgan fingerprint density at radius 3 is 2.36 bits per heavy atom. The number of ketones is 1. The molecule has 2 saturated heterocycles. The fraction of sp³-hybridized carbons (Fsp3) is 0.382. The molecule has 0 unspecified atom stereocenters. The second-order valence-corrected chi connectivity index (χ2v) is 11.7. The highest BCUT2D eigenvalue weighted by molar-refractivity contribution is 6.11. The van der Waals surface area contributed by atoms with Gasteiger partial charge in [0, 0.05) is 55.9 Å². The average molecular weight is 611 g/mol. The van der Waals surface area contributed by atoms with Crippen LogP contribution < -0.4 is 10.6 Å². The van der Waals surface area contributed by atoms with Gasteiger partial charge in [-0.05, 0) is 75.4 Å². The van der Waals surface area contributed by atoms with Gasteiger partial charge in [-0.3, -0.25) is 14.4 Å². The van der Waals surface area contributed by atoms with Gasteiger partial charge in [0.05, 0.1) is 13.1 Å². The Labute approximate surface area is 262 Å². The molecule has 1 aromatic heterocycles. The average Bonchev–Trinajstić information content (AvgIpc) is 3.67. The highest BCUT2D eigenvalue weighted by Crippen LogP contribution is 2.25. The van der Waals surface area contributed by atoms with Crippen LogP contribution in [0.1, 0.15) is 58.6 Å². The first-order chi connectivity index (χ1) is 21.6. The second-order valence-electron chi connectivity index (χ2n) is 11.7. The summed E-state index contributed by atoms with van der Waals surface area (Å²) in [6.07, 6.45) is 3.88. The maximum Gasteiger partial charge on any atom is 0.272 e. The molecule has 0 radical (unpaired) electrons. The number of carbonyl (C=O) groups excluding carboxylic acids is 4. The molecule has 0 bridgehead atoms. The van der Waals surface area contributed by atoms with Crippen molar-refractivity contribution in [1.82, 2.24) is 20.0 Å². The molecule has 234 valence electrons. The Balaban J connectivity index is 1.47. The molecule has 5 rings (SSSR count). The molecular weight excluding hydrogens is 572 g/mol. The van der Waals surface area contributed by atoms with Crippen molar-refractivity contribution in [2.75, 3.05) is 45.6 Å². The molecule has 1 atom stereocenters. The monoisotopic (exact) mass is 610 g/mol. The lowest BCUT2D eigenvalue weighted by molar-refractivity contribution is -0.140. The number of Topliss-reactive ketones (excluding diaryl/α,β-unsaturated/α-hetero) is 1. The molecule has 2 aliphatic rings. The van der Waals surface area contributed by atoms with E-state index in [9.17, 15) is 19.2 Å². The number of hydrogen-bond donors (Lipinski definition) is 2. The number of anilines is 1. The van der Waals surface area contributed by atoms with E-state index in [2.05, 4.69) is 15.5 Å². The minimum Gasteiger partial charge on any atom is -0.461 e. The van der Waals surface area contributed by atoms with Gasteiger partial charge in [-0.25, -0.2) is 4.85 Å². The van der Waals surface area contributed by atoms with Crippen LogP contribution >= 0.6 is 0 Å². The number of benzene rings is 2. The van der Waals surface area contributed by atoms with Gasteiger partial charge in [0.1, 0.15) is 23.2 Å². The topological polar surface area (TPSA) is 120 Å². The fourth-order valence-corrected chi connectivity index (χ4v) is 5.74. The third kappa shape index (κ3) is 7.17. The molecule has 45 heavy (non-hydrogen) atoms. The number of likely N-dealkylation sites (tertiary alicyclic amines) is 2.